The average molecular weight is 227 g/mol. The molecule has 0 aromatic rings. The van der Waals surface area contributed by atoms with Crippen molar-refractivity contribution in [2.75, 3.05) is 0 Å². The van der Waals surface area contributed by atoms with E-state index in [-0.39, 0.29) is 23.8 Å². The van der Waals surface area contributed by atoms with Crippen molar-refractivity contribution in [2.45, 2.75) is 52.0 Å². The molecule has 1 aliphatic rings. The van der Waals surface area contributed by atoms with Gasteiger partial charge in [0.05, 0.1) is 5.92 Å². The molecule has 1 saturated carbocycles. The normalized spacial score (nSPS) is 27.1. The molecule has 0 bridgehead atoms. The van der Waals surface area contributed by atoms with Gasteiger partial charge >= 0.3 is 5.97 Å². The highest BCUT2D eigenvalue weighted by Crippen LogP contribution is 2.24. The van der Waals surface area contributed by atoms with Crippen LogP contribution in [0.3, 0.4) is 0 Å². The van der Waals surface area contributed by atoms with Crippen molar-refractivity contribution in [3.63, 3.8) is 0 Å². The zero-order chi connectivity index (χ0) is 12.1. The molecule has 92 valence electrons. The third kappa shape index (κ3) is 3.51. The van der Waals surface area contributed by atoms with Crippen molar-refractivity contribution in [3.05, 3.63) is 0 Å². The molecule has 4 nitrogen and oxygen atoms in total. The number of hydrogen-bond acceptors (Lipinski definition) is 2. The highest BCUT2D eigenvalue weighted by molar-refractivity contribution is 5.78. The summed E-state index contributed by atoms with van der Waals surface area (Å²) in [5, 5.41) is 11.8. The Balaban J connectivity index is 2.32. The second-order valence-electron chi connectivity index (χ2n) is 4.70. The second-order valence-corrected chi connectivity index (χ2v) is 4.70. The van der Waals surface area contributed by atoms with Crippen LogP contribution >= 0.6 is 0 Å². The van der Waals surface area contributed by atoms with Gasteiger partial charge in [-0.05, 0) is 32.1 Å². The molecule has 0 aromatic carbocycles. The van der Waals surface area contributed by atoms with Gasteiger partial charge in [-0.2, -0.15) is 0 Å². The lowest BCUT2D eigenvalue weighted by atomic mass is 9.86. The number of hydrogen-bond donors (Lipinski definition) is 2. The Morgan fingerprint density at radius 1 is 1.31 bits per heavy atom. The molecule has 1 rings (SSSR count). The monoisotopic (exact) mass is 227 g/mol. The molecule has 1 amide bonds. The highest BCUT2D eigenvalue weighted by atomic mass is 16.4. The molecule has 0 radical (unpaired) electrons. The van der Waals surface area contributed by atoms with E-state index < -0.39 is 5.97 Å². The topological polar surface area (TPSA) is 66.4 Å². The Morgan fingerprint density at radius 2 is 1.88 bits per heavy atom. The summed E-state index contributed by atoms with van der Waals surface area (Å²) < 4.78 is 0. The molecule has 1 atom stereocenters. The van der Waals surface area contributed by atoms with Crippen molar-refractivity contribution in [3.8, 4) is 0 Å². The first-order valence-electron chi connectivity index (χ1n) is 6.07. The third-order valence-corrected chi connectivity index (χ3v) is 3.48. The van der Waals surface area contributed by atoms with Crippen LogP contribution in [0.1, 0.15) is 46.0 Å². The Labute approximate surface area is 96.4 Å². The van der Waals surface area contributed by atoms with Crippen molar-refractivity contribution >= 4 is 11.9 Å². The van der Waals surface area contributed by atoms with Gasteiger partial charge in [0.1, 0.15) is 0 Å². The Morgan fingerprint density at radius 3 is 2.31 bits per heavy atom. The molecular formula is C12H21NO3. The van der Waals surface area contributed by atoms with Gasteiger partial charge in [0.2, 0.25) is 5.91 Å². The van der Waals surface area contributed by atoms with E-state index in [4.69, 9.17) is 5.11 Å². The zero-order valence-corrected chi connectivity index (χ0v) is 10.0. The predicted molar refractivity (Wildman–Crippen MR) is 61.0 cm³/mol. The molecule has 0 aromatic heterocycles. The lowest BCUT2D eigenvalue weighted by Crippen LogP contribution is -2.41. The van der Waals surface area contributed by atoms with E-state index in [1.807, 2.05) is 13.8 Å². The van der Waals surface area contributed by atoms with Crippen LogP contribution < -0.4 is 5.32 Å². The van der Waals surface area contributed by atoms with Crippen LogP contribution in [0.4, 0.5) is 0 Å². The molecule has 16 heavy (non-hydrogen) atoms. The number of rotatable bonds is 4. The minimum Gasteiger partial charge on any atom is -0.481 e. The smallest absolute Gasteiger partial charge is 0.306 e. The summed E-state index contributed by atoms with van der Waals surface area (Å²) >= 11 is 0. The molecule has 0 heterocycles. The minimum atomic E-state index is -0.702. The maximum Gasteiger partial charge on any atom is 0.306 e. The maximum atomic E-state index is 11.6. The lowest BCUT2D eigenvalue weighted by molar-refractivity contribution is -0.142. The number of carbonyl (C=O) groups is 2. The molecule has 0 aliphatic heterocycles. The van der Waals surface area contributed by atoms with E-state index >= 15 is 0 Å². The molecule has 1 unspecified atom stereocenters. The van der Waals surface area contributed by atoms with Crippen LogP contribution in [0, 0.1) is 11.8 Å². The molecule has 2 N–H and O–H groups in total. The summed E-state index contributed by atoms with van der Waals surface area (Å²) in [6.07, 6.45) is 3.79. The van der Waals surface area contributed by atoms with E-state index in [0.717, 1.165) is 19.3 Å². The number of amides is 1. The van der Waals surface area contributed by atoms with Gasteiger partial charge in [0.15, 0.2) is 0 Å². The largest absolute Gasteiger partial charge is 0.481 e. The number of nitrogens with one attached hydrogen (secondary N) is 1. The van der Waals surface area contributed by atoms with Crippen molar-refractivity contribution in [2.24, 2.45) is 11.8 Å². The van der Waals surface area contributed by atoms with E-state index in [9.17, 15) is 9.59 Å². The number of carboxylic acid groups (broad SMARTS) is 1. The maximum absolute atomic E-state index is 11.6. The average Bonchev–Trinajstić information content (AvgIpc) is 2.28. The quantitative estimate of drug-likeness (QED) is 0.769. The predicted octanol–water partition coefficient (Wildman–Crippen LogP) is 1.79. The van der Waals surface area contributed by atoms with E-state index in [2.05, 4.69) is 5.32 Å². The third-order valence-electron chi connectivity index (χ3n) is 3.48. The lowest BCUT2D eigenvalue weighted by Gasteiger charge is -2.27. The molecule has 0 spiro atoms. The summed E-state index contributed by atoms with van der Waals surface area (Å²) in [5.41, 5.74) is 0. The number of carboxylic acids is 1. The minimum absolute atomic E-state index is 0.0530. The van der Waals surface area contributed by atoms with E-state index in [0.29, 0.717) is 12.8 Å². The van der Waals surface area contributed by atoms with Crippen molar-refractivity contribution in [1.82, 2.24) is 5.32 Å². The van der Waals surface area contributed by atoms with Crippen LogP contribution in [0.15, 0.2) is 0 Å². The fraction of sp³-hybridized carbons (Fsp3) is 0.833. The van der Waals surface area contributed by atoms with Gasteiger partial charge in [-0.3, -0.25) is 9.59 Å². The van der Waals surface area contributed by atoms with Crippen LogP contribution in [0.25, 0.3) is 0 Å². The summed E-state index contributed by atoms with van der Waals surface area (Å²) in [7, 11) is 0. The van der Waals surface area contributed by atoms with E-state index in [1.54, 1.807) is 0 Å². The Bertz CT molecular complexity index is 257. The first-order valence-corrected chi connectivity index (χ1v) is 6.07. The van der Waals surface area contributed by atoms with Crippen LogP contribution in [-0.2, 0) is 9.59 Å². The van der Waals surface area contributed by atoms with Gasteiger partial charge < -0.3 is 10.4 Å². The van der Waals surface area contributed by atoms with Crippen LogP contribution in [0.5, 0.6) is 0 Å². The van der Waals surface area contributed by atoms with Crippen molar-refractivity contribution in [1.29, 1.82) is 0 Å². The first kappa shape index (κ1) is 13.0. The summed E-state index contributed by atoms with van der Waals surface area (Å²) in [6, 6.07) is 0.178. The van der Waals surface area contributed by atoms with Gasteiger partial charge in [-0.15, -0.1) is 0 Å². The molecular weight excluding hydrogens is 206 g/mol. The van der Waals surface area contributed by atoms with Crippen molar-refractivity contribution < 1.29 is 14.7 Å². The first-order chi connectivity index (χ1) is 7.54. The highest BCUT2D eigenvalue weighted by Gasteiger charge is 2.27. The molecule has 0 saturated heterocycles. The fourth-order valence-corrected chi connectivity index (χ4v) is 2.01. The Kier molecular flexibility index (Phi) is 4.77. The molecule has 1 fully saturated rings. The molecule has 1 aliphatic carbocycles. The Hall–Kier alpha value is -1.06. The van der Waals surface area contributed by atoms with E-state index in [1.165, 1.54) is 0 Å². The summed E-state index contributed by atoms with van der Waals surface area (Å²) in [6.45, 7) is 3.91. The zero-order valence-electron chi connectivity index (χ0n) is 10.0. The standard InChI is InChI=1S/C12H21NO3/c1-3-8(2)11(14)13-10-6-4-9(5-7-10)12(15)16/h8-10H,3-7H2,1-2H3,(H,13,14)(H,15,16). The number of aliphatic carboxylic acids is 1. The van der Waals surface area contributed by atoms with Gasteiger partial charge in [0, 0.05) is 12.0 Å². The van der Waals surface area contributed by atoms with Gasteiger partial charge in [-0.1, -0.05) is 13.8 Å². The number of carbonyl (C=O) groups excluding carboxylic acids is 1. The second kappa shape index (κ2) is 5.87. The summed E-state index contributed by atoms with van der Waals surface area (Å²) in [5.74, 6) is -0.762. The van der Waals surface area contributed by atoms with Gasteiger partial charge in [-0.25, -0.2) is 0 Å². The van der Waals surface area contributed by atoms with Gasteiger partial charge in [0.25, 0.3) is 0 Å². The SMILES string of the molecule is CCC(C)C(=O)NC1CCC(C(=O)O)CC1. The van der Waals surface area contributed by atoms with Crippen LogP contribution in [-0.4, -0.2) is 23.0 Å². The van der Waals surface area contributed by atoms with Crippen LogP contribution in [0.2, 0.25) is 0 Å². The summed E-state index contributed by atoms with van der Waals surface area (Å²) in [4.78, 5) is 22.4. The fourth-order valence-electron chi connectivity index (χ4n) is 2.01. The molecule has 4 heteroatoms.